The van der Waals surface area contributed by atoms with Crippen LogP contribution >= 0.6 is 0 Å². The molecule has 0 aromatic carbocycles. The number of methoxy groups -OCH3 is 1. The molecule has 0 bridgehead atoms. The van der Waals surface area contributed by atoms with Crippen LogP contribution in [0.3, 0.4) is 0 Å². The Morgan fingerprint density at radius 3 is 2.78 bits per heavy atom. The van der Waals surface area contributed by atoms with Gasteiger partial charge >= 0.3 is 0 Å². The number of hydrogen-bond donors (Lipinski definition) is 3. The molecule has 1 aliphatic rings. The first kappa shape index (κ1) is 6.95. The van der Waals surface area contributed by atoms with Crippen LogP contribution in [0.5, 0.6) is 0 Å². The van der Waals surface area contributed by atoms with E-state index < -0.39 is 0 Å². The first-order valence-electron chi connectivity index (χ1n) is 3.08. The van der Waals surface area contributed by atoms with Crippen LogP contribution < -0.4 is 16.4 Å². The van der Waals surface area contributed by atoms with Gasteiger partial charge in [-0.1, -0.05) is 0 Å². The van der Waals surface area contributed by atoms with Crippen molar-refractivity contribution in [1.82, 2.24) is 10.6 Å². The number of hydrogen-bond acceptors (Lipinski definition) is 4. The lowest BCUT2D eigenvalue weighted by molar-refractivity contribution is 0.0385. The summed E-state index contributed by atoms with van der Waals surface area (Å²) in [6.45, 7) is 0.736. The van der Waals surface area contributed by atoms with Gasteiger partial charge in [-0.2, -0.15) is 0 Å². The van der Waals surface area contributed by atoms with E-state index in [0.29, 0.717) is 0 Å². The fourth-order valence-corrected chi connectivity index (χ4v) is 0.881. The molecule has 1 fully saturated rings. The highest BCUT2D eigenvalue weighted by Crippen LogP contribution is 1.97. The molecule has 2 unspecified atom stereocenters. The Morgan fingerprint density at radius 2 is 2.33 bits per heavy atom. The topological polar surface area (TPSA) is 59.3 Å². The molecule has 2 atom stereocenters. The lowest BCUT2D eigenvalue weighted by atomic mass is 10.3. The Kier molecular flexibility index (Phi) is 2.41. The standard InChI is InChI=1S/C5H13N3O/c1-9-5-2-4(6)7-3-8-5/h4-5,7-8H,2-3,6H2,1H3. The molecule has 4 N–H and O–H groups in total. The van der Waals surface area contributed by atoms with E-state index in [1.54, 1.807) is 7.11 Å². The van der Waals surface area contributed by atoms with Crippen molar-refractivity contribution in [3.63, 3.8) is 0 Å². The SMILES string of the molecule is COC1CC(N)NCN1. The quantitative estimate of drug-likeness (QED) is 0.417. The third-order valence-corrected chi connectivity index (χ3v) is 1.45. The predicted octanol–water partition coefficient (Wildman–Crippen LogP) is -1.22. The summed E-state index contributed by atoms with van der Waals surface area (Å²) in [5.74, 6) is 0. The molecule has 0 aromatic heterocycles. The van der Waals surface area contributed by atoms with E-state index in [2.05, 4.69) is 10.6 Å². The molecule has 4 heteroatoms. The molecule has 1 saturated heterocycles. The van der Waals surface area contributed by atoms with Gasteiger partial charge in [0.05, 0.1) is 6.17 Å². The van der Waals surface area contributed by atoms with E-state index in [1.807, 2.05) is 0 Å². The molecule has 0 amide bonds. The minimum absolute atomic E-state index is 0.0798. The summed E-state index contributed by atoms with van der Waals surface area (Å²) in [5, 5.41) is 6.12. The zero-order chi connectivity index (χ0) is 6.69. The molecule has 0 aliphatic carbocycles. The van der Waals surface area contributed by atoms with Crippen LogP contribution in [0.15, 0.2) is 0 Å². The first-order chi connectivity index (χ1) is 4.33. The largest absolute Gasteiger partial charge is 0.366 e. The second-order valence-electron chi connectivity index (χ2n) is 2.15. The van der Waals surface area contributed by atoms with Crippen molar-refractivity contribution < 1.29 is 4.74 Å². The molecular weight excluding hydrogens is 118 g/mol. The fraction of sp³-hybridized carbons (Fsp3) is 1.00. The van der Waals surface area contributed by atoms with Crippen LogP contribution in [0.25, 0.3) is 0 Å². The molecule has 9 heavy (non-hydrogen) atoms. The number of rotatable bonds is 1. The molecule has 0 aromatic rings. The van der Waals surface area contributed by atoms with Crippen molar-refractivity contribution in [3.05, 3.63) is 0 Å². The van der Waals surface area contributed by atoms with E-state index in [9.17, 15) is 0 Å². The fourth-order valence-electron chi connectivity index (χ4n) is 0.881. The number of nitrogens with one attached hydrogen (secondary N) is 2. The Hall–Kier alpha value is -0.160. The lowest BCUT2D eigenvalue weighted by Crippen LogP contribution is -2.54. The van der Waals surface area contributed by atoms with Crippen molar-refractivity contribution in [1.29, 1.82) is 0 Å². The van der Waals surface area contributed by atoms with E-state index in [0.717, 1.165) is 13.1 Å². The van der Waals surface area contributed by atoms with Crippen LogP contribution in [-0.4, -0.2) is 26.2 Å². The van der Waals surface area contributed by atoms with Gasteiger partial charge in [0.2, 0.25) is 0 Å². The van der Waals surface area contributed by atoms with E-state index >= 15 is 0 Å². The summed E-state index contributed by atoms with van der Waals surface area (Å²) in [5.41, 5.74) is 5.57. The van der Waals surface area contributed by atoms with Gasteiger partial charge in [0.25, 0.3) is 0 Å². The molecule has 0 saturated carbocycles. The van der Waals surface area contributed by atoms with Gasteiger partial charge in [0, 0.05) is 20.2 Å². The minimum Gasteiger partial charge on any atom is -0.366 e. The average molecular weight is 131 g/mol. The van der Waals surface area contributed by atoms with E-state index in [4.69, 9.17) is 10.5 Å². The van der Waals surface area contributed by atoms with Gasteiger partial charge in [0.15, 0.2) is 0 Å². The van der Waals surface area contributed by atoms with Crippen LogP contribution in [0.2, 0.25) is 0 Å². The van der Waals surface area contributed by atoms with Crippen molar-refractivity contribution in [2.24, 2.45) is 5.73 Å². The average Bonchev–Trinajstić information content (AvgIpc) is 1.88. The van der Waals surface area contributed by atoms with Gasteiger partial charge in [-0.05, 0) is 0 Å². The highest BCUT2D eigenvalue weighted by molar-refractivity contribution is 4.69. The summed E-state index contributed by atoms with van der Waals surface area (Å²) in [6.07, 6.45) is 1.04. The second kappa shape index (κ2) is 3.12. The third kappa shape index (κ3) is 1.91. The number of ether oxygens (including phenoxy) is 1. The summed E-state index contributed by atoms with van der Waals surface area (Å²) in [7, 11) is 1.68. The van der Waals surface area contributed by atoms with Crippen LogP contribution in [-0.2, 0) is 4.74 Å². The second-order valence-corrected chi connectivity index (χ2v) is 2.15. The molecule has 4 nitrogen and oxygen atoms in total. The van der Waals surface area contributed by atoms with Crippen molar-refractivity contribution in [2.45, 2.75) is 18.8 Å². The van der Waals surface area contributed by atoms with Crippen molar-refractivity contribution in [3.8, 4) is 0 Å². The highest BCUT2D eigenvalue weighted by atomic mass is 16.5. The Bertz CT molecular complexity index is 88.3. The Labute approximate surface area is 54.7 Å². The maximum atomic E-state index is 5.57. The minimum atomic E-state index is 0.0798. The van der Waals surface area contributed by atoms with E-state index in [1.165, 1.54) is 0 Å². The predicted molar refractivity (Wildman–Crippen MR) is 34.5 cm³/mol. The number of nitrogens with two attached hydrogens (primary N) is 1. The zero-order valence-electron chi connectivity index (χ0n) is 5.55. The van der Waals surface area contributed by atoms with Crippen molar-refractivity contribution in [2.75, 3.05) is 13.8 Å². The normalized spacial score (nSPS) is 36.7. The molecule has 0 spiro atoms. The molecule has 54 valence electrons. The van der Waals surface area contributed by atoms with Crippen molar-refractivity contribution >= 4 is 0 Å². The van der Waals surface area contributed by atoms with Crippen LogP contribution in [0.4, 0.5) is 0 Å². The van der Waals surface area contributed by atoms with Gasteiger partial charge in [0.1, 0.15) is 6.23 Å². The third-order valence-electron chi connectivity index (χ3n) is 1.45. The van der Waals surface area contributed by atoms with Gasteiger partial charge in [-0.3, -0.25) is 10.6 Å². The van der Waals surface area contributed by atoms with Gasteiger partial charge in [-0.15, -0.1) is 0 Å². The summed E-state index contributed by atoms with van der Waals surface area (Å²) in [6, 6.07) is 0. The Balaban J connectivity index is 2.23. The maximum absolute atomic E-state index is 5.57. The first-order valence-corrected chi connectivity index (χ1v) is 3.08. The van der Waals surface area contributed by atoms with Gasteiger partial charge in [-0.25, -0.2) is 0 Å². The zero-order valence-corrected chi connectivity index (χ0v) is 5.55. The molecule has 1 aliphatic heterocycles. The summed E-state index contributed by atoms with van der Waals surface area (Å²) in [4.78, 5) is 0. The monoisotopic (exact) mass is 131 g/mol. The van der Waals surface area contributed by atoms with Gasteiger partial charge < -0.3 is 10.5 Å². The van der Waals surface area contributed by atoms with E-state index in [-0.39, 0.29) is 12.4 Å². The van der Waals surface area contributed by atoms with Crippen LogP contribution in [0.1, 0.15) is 6.42 Å². The highest BCUT2D eigenvalue weighted by Gasteiger charge is 2.15. The molecule has 1 rings (SSSR count). The molecule has 1 heterocycles. The smallest absolute Gasteiger partial charge is 0.111 e. The molecular formula is C5H13N3O. The summed E-state index contributed by atoms with van der Waals surface area (Å²) >= 11 is 0. The van der Waals surface area contributed by atoms with Crippen LogP contribution in [0, 0.1) is 0 Å². The maximum Gasteiger partial charge on any atom is 0.111 e. The molecule has 0 radical (unpaired) electrons. The Morgan fingerprint density at radius 1 is 1.56 bits per heavy atom. The lowest BCUT2D eigenvalue weighted by Gasteiger charge is -2.27. The summed E-state index contributed by atoms with van der Waals surface area (Å²) < 4.78 is 5.03.